The number of hydrogen-bond acceptors (Lipinski definition) is 7. The first-order chi connectivity index (χ1) is 24.5. The summed E-state index contributed by atoms with van der Waals surface area (Å²) in [4.78, 5) is 58.0. The Kier molecular flexibility index (Phi) is 15.8. The standard InChI is InChI=1S/C39H63N5O6/c45-35-33(34(24-23-29-14-5-1-6-15-29)44(35)37(46)41-26-30-16-7-2-8-17-30)22-13-25-40-36(42-38(47)49-27-31-18-9-3-10-19-31)43-39(48)50-28-32-20-11-4-12-21-32/h23-24,29-34H,1-22,25-28H2,(H,41,46)(H2,40,42,43,47,48)/t33-,34-/m1/s1. The van der Waals surface area contributed by atoms with Crippen molar-refractivity contribution in [1.29, 1.82) is 0 Å². The zero-order chi connectivity index (χ0) is 35.0. The number of allylic oxidation sites excluding steroid dienone is 1. The summed E-state index contributed by atoms with van der Waals surface area (Å²) in [5.74, 6) is 1.23. The minimum Gasteiger partial charge on any atom is -0.449 e. The van der Waals surface area contributed by atoms with Gasteiger partial charge in [0.25, 0.3) is 0 Å². The van der Waals surface area contributed by atoms with Crippen LogP contribution < -0.4 is 16.0 Å². The third-order valence-corrected chi connectivity index (χ3v) is 11.7. The van der Waals surface area contributed by atoms with E-state index in [0.717, 1.165) is 77.0 Å². The number of amides is 5. The van der Waals surface area contributed by atoms with Crippen LogP contribution in [-0.2, 0) is 14.3 Å². The molecular weight excluding hydrogens is 634 g/mol. The van der Waals surface area contributed by atoms with Gasteiger partial charge in [0.1, 0.15) is 0 Å². The third-order valence-electron chi connectivity index (χ3n) is 11.7. The molecule has 280 valence electrons. The quantitative estimate of drug-likeness (QED) is 0.0621. The van der Waals surface area contributed by atoms with E-state index in [1.54, 1.807) is 0 Å². The minimum absolute atomic E-state index is 0.00955. The lowest BCUT2D eigenvalue weighted by Gasteiger charge is -2.44. The number of carbonyl (C=O) groups is 4. The van der Waals surface area contributed by atoms with E-state index in [0.29, 0.717) is 56.3 Å². The smallest absolute Gasteiger partial charge is 0.413 e. The summed E-state index contributed by atoms with van der Waals surface area (Å²) in [5.41, 5.74) is 0. The van der Waals surface area contributed by atoms with Crippen molar-refractivity contribution in [2.24, 2.45) is 34.6 Å². The Morgan fingerprint density at radius 1 is 0.680 bits per heavy atom. The number of nitrogens with one attached hydrogen (secondary N) is 3. The van der Waals surface area contributed by atoms with E-state index in [1.165, 1.54) is 56.3 Å². The van der Waals surface area contributed by atoms with Crippen LogP contribution in [0, 0.1) is 29.6 Å². The topological polar surface area (TPSA) is 138 Å². The van der Waals surface area contributed by atoms with Crippen LogP contribution >= 0.6 is 0 Å². The van der Waals surface area contributed by atoms with Crippen LogP contribution in [0.2, 0.25) is 0 Å². The van der Waals surface area contributed by atoms with Gasteiger partial charge in [-0.25, -0.2) is 14.4 Å². The lowest BCUT2D eigenvalue weighted by molar-refractivity contribution is -0.147. The molecule has 3 N–H and O–H groups in total. The fourth-order valence-corrected chi connectivity index (χ4v) is 8.60. The van der Waals surface area contributed by atoms with Gasteiger partial charge >= 0.3 is 18.2 Å². The van der Waals surface area contributed by atoms with Gasteiger partial charge in [0, 0.05) is 13.1 Å². The summed E-state index contributed by atoms with van der Waals surface area (Å²) in [6.45, 7) is 1.58. The van der Waals surface area contributed by atoms with E-state index in [-0.39, 0.29) is 36.4 Å². The summed E-state index contributed by atoms with van der Waals surface area (Å²) in [6.07, 6.45) is 27.3. The number of carbonyl (C=O) groups excluding carboxylic acids is 4. The van der Waals surface area contributed by atoms with Gasteiger partial charge in [0.15, 0.2) is 0 Å². The predicted octanol–water partition coefficient (Wildman–Crippen LogP) is 7.99. The summed E-state index contributed by atoms with van der Waals surface area (Å²) >= 11 is 0. The van der Waals surface area contributed by atoms with Gasteiger partial charge < -0.3 is 14.8 Å². The summed E-state index contributed by atoms with van der Waals surface area (Å²) in [6, 6.07) is -0.567. The van der Waals surface area contributed by atoms with E-state index in [4.69, 9.17) is 9.47 Å². The molecule has 4 saturated carbocycles. The molecule has 50 heavy (non-hydrogen) atoms. The maximum atomic E-state index is 13.4. The first kappa shape index (κ1) is 38.1. The fraction of sp³-hybridized carbons (Fsp3) is 0.821. The number of rotatable bonds is 12. The second kappa shape index (κ2) is 20.7. The molecule has 1 aliphatic heterocycles. The Hall–Kier alpha value is -3.11. The molecule has 0 aromatic carbocycles. The first-order valence-electron chi connectivity index (χ1n) is 20.2. The predicted molar refractivity (Wildman–Crippen MR) is 193 cm³/mol. The zero-order valence-electron chi connectivity index (χ0n) is 30.3. The summed E-state index contributed by atoms with van der Waals surface area (Å²) in [5, 5.41) is 8.29. The second-order valence-corrected chi connectivity index (χ2v) is 15.6. The summed E-state index contributed by atoms with van der Waals surface area (Å²) in [7, 11) is 0. The molecule has 0 aromatic rings. The van der Waals surface area contributed by atoms with Crippen LogP contribution in [0.4, 0.5) is 14.4 Å². The Labute approximate surface area is 299 Å². The molecule has 2 atom stereocenters. The van der Waals surface area contributed by atoms with Gasteiger partial charge in [0.2, 0.25) is 11.9 Å². The maximum absolute atomic E-state index is 13.4. The molecule has 0 spiro atoms. The number of β-lactam (4-membered cyclic amide) rings is 1. The number of likely N-dealkylation sites (tertiary alicyclic amines) is 1. The Morgan fingerprint density at radius 3 is 1.72 bits per heavy atom. The molecule has 5 aliphatic rings. The van der Waals surface area contributed by atoms with Gasteiger partial charge in [-0.1, -0.05) is 89.2 Å². The molecule has 0 bridgehead atoms. The van der Waals surface area contributed by atoms with Crippen LogP contribution in [0.25, 0.3) is 0 Å². The maximum Gasteiger partial charge on any atom is 0.413 e. The molecular formula is C39H63N5O6. The van der Waals surface area contributed by atoms with Gasteiger partial charge in [-0.15, -0.1) is 0 Å². The van der Waals surface area contributed by atoms with Gasteiger partial charge in [-0.2, -0.15) is 0 Å². The highest BCUT2D eigenvalue weighted by Crippen LogP contribution is 2.34. The minimum atomic E-state index is -0.654. The Balaban J connectivity index is 1.15. The number of aliphatic imine (C=N–C) groups is 1. The van der Waals surface area contributed by atoms with Crippen LogP contribution in [-0.4, -0.2) is 67.3 Å². The SMILES string of the molecule is O=C(NC(=NCCC[C@H]1C(=O)N(C(=O)NCC2CCCCC2)[C@@H]1C=CC1CCCCC1)NC(=O)OCC1CCCCC1)OCC1CCCCC1. The second-order valence-electron chi connectivity index (χ2n) is 15.6. The van der Waals surface area contributed by atoms with Crippen LogP contribution in [0.3, 0.4) is 0 Å². The molecule has 1 saturated heterocycles. The van der Waals surface area contributed by atoms with Crippen molar-refractivity contribution in [1.82, 2.24) is 20.9 Å². The average Bonchev–Trinajstić information content (AvgIpc) is 3.15. The van der Waals surface area contributed by atoms with Crippen molar-refractivity contribution >= 4 is 30.1 Å². The van der Waals surface area contributed by atoms with E-state index < -0.39 is 12.2 Å². The molecule has 5 rings (SSSR count). The molecule has 11 heteroatoms. The molecule has 11 nitrogen and oxygen atoms in total. The largest absolute Gasteiger partial charge is 0.449 e. The Morgan fingerprint density at radius 2 is 1.18 bits per heavy atom. The number of imide groups is 1. The lowest BCUT2D eigenvalue weighted by Crippen LogP contribution is -2.64. The van der Waals surface area contributed by atoms with Gasteiger partial charge in [-0.05, 0) is 87.9 Å². The number of ether oxygens (including phenoxy) is 2. The molecule has 0 unspecified atom stereocenters. The Bertz CT molecular complexity index is 1110. The normalized spacial score (nSPS) is 24.3. The average molecular weight is 698 g/mol. The fourth-order valence-electron chi connectivity index (χ4n) is 8.60. The number of guanidine groups is 1. The molecule has 5 fully saturated rings. The highest BCUT2D eigenvalue weighted by atomic mass is 16.6. The number of alkyl carbamates (subject to hydrolysis) is 2. The van der Waals surface area contributed by atoms with E-state index in [1.807, 2.05) is 0 Å². The number of nitrogens with zero attached hydrogens (tertiary/aromatic N) is 2. The van der Waals surface area contributed by atoms with Crippen molar-refractivity contribution in [3.63, 3.8) is 0 Å². The van der Waals surface area contributed by atoms with E-state index >= 15 is 0 Å². The van der Waals surface area contributed by atoms with Crippen LogP contribution in [0.1, 0.15) is 141 Å². The van der Waals surface area contributed by atoms with Gasteiger partial charge in [0.05, 0.1) is 25.2 Å². The van der Waals surface area contributed by atoms with Crippen LogP contribution in [0.15, 0.2) is 17.1 Å². The number of urea groups is 1. The summed E-state index contributed by atoms with van der Waals surface area (Å²) < 4.78 is 11.0. The van der Waals surface area contributed by atoms with E-state index in [2.05, 4.69) is 33.1 Å². The first-order valence-corrected chi connectivity index (χ1v) is 20.2. The van der Waals surface area contributed by atoms with Crippen molar-refractivity contribution in [3.8, 4) is 0 Å². The lowest BCUT2D eigenvalue weighted by atomic mass is 9.81. The van der Waals surface area contributed by atoms with Crippen LogP contribution in [0.5, 0.6) is 0 Å². The van der Waals surface area contributed by atoms with E-state index in [9.17, 15) is 19.2 Å². The van der Waals surface area contributed by atoms with Crippen molar-refractivity contribution in [2.75, 3.05) is 26.3 Å². The highest BCUT2D eigenvalue weighted by Gasteiger charge is 2.48. The van der Waals surface area contributed by atoms with Crippen molar-refractivity contribution in [3.05, 3.63) is 12.2 Å². The number of hydrogen-bond donors (Lipinski definition) is 3. The van der Waals surface area contributed by atoms with Gasteiger partial charge in [-0.3, -0.25) is 25.3 Å². The highest BCUT2D eigenvalue weighted by molar-refractivity contribution is 6.02. The zero-order valence-corrected chi connectivity index (χ0v) is 30.3. The van der Waals surface area contributed by atoms with Crippen molar-refractivity contribution < 1.29 is 28.7 Å². The third kappa shape index (κ3) is 12.3. The molecule has 0 radical (unpaired) electrons. The van der Waals surface area contributed by atoms with Crippen molar-refractivity contribution in [2.45, 2.75) is 147 Å². The monoisotopic (exact) mass is 697 g/mol. The molecule has 0 aromatic heterocycles. The molecule has 4 aliphatic carbocycles. The molecule has 1 heterocycles. The molecule has 5 amide bonds.